The normalized spacial score (nSPS) is 25.1. The summed E-state index contributed by atoms with van der Waals surface area (Å²) in [7, 11) is 0. The Labute approximate surface area is 120 Å². The first-order chi connectivity index (χ1) is 8.58. The van der Waals surface area contributed by atoms with Gasteiger partial charge in [-0.25, -0.2) is 0 Å². The van der Waals surface area contributed by atoms with Crippen LogP contribution in [0.25, 0.3) is 0 Å². The van der Waals surface area contributed by atoms with Gasteiger partial charge in [0.05, 0.1) is 15.8 Å². The molecule has 1 heterocycles. The molecule has 100 valence electrons. The van der Waals surface area contributed by atoms with Crippen molar-refractivity contribution < 1.29 is 9.90 Å². The first-order valence-corrected chi connectivity index (χ1v) is 7.90. The number of rotatable bonds is 4. The number of thiophene rings is 1. The van der Waals surface area contributed by atoms with Crippen molar-refractivity contribution in [3.63, 3.8) is 0 Å². The Morgan fingerprint density at radius 3 is 2.94 bits per heavy atom. The Bertz CT molecular complexity index is 421. The van der Waals surface area contributed by atoms with Gasteiger partial charge in [0.25, 0.3) is 0 Å². The van der Waals surface area contributed by atoms with Crippen LogP contribution in [0.2, 0.25) is 0 Å². The van der Waals surface area contributed by atoms with E-state index < -0.39 is 0 Å². The second kappa shape index (κ2) is 6.17. The maximum absolute atomic E-state index is 12.0. The van der Waals surface area contributed by atoms with Gasteiger partial charge in [-0.05, 0) is 47.8 Å². The third-order valence-corrected chi connectivity index (χ3v) is 5.38. The fourth-order valence-electron chi connectivity index (χ4n) is 2.33. The summed E-state index contributed by atoms with van der Waals surface area (Å²) >= 11 is 4.99. The number of carbonyl (C=O) groups excluding carboxylic acids is 1. The molecule has 1 aromatic rings. The number of halogens is 1. The smallest absolute Gasteiger partial charge is 0.228 e. The van der Waals surface area contributed by atoms with Crippen molar-refractivity contribution in [2.75, 3.05) is 6.54 Å². The molecular formula is C13H18BrNO2S. The minimum absolute atomic E-state index is 0.0449. The predicted molar refractivity (Wildman–Crippen MR) is 76.8 cm³/mol. The first kappa shape index (κ1) is 14.0. The molecule has 3 unspecified atom stereocenters. The van der Waals surface area contributed by atoms with Gasteiger partial charge in [0.15, 0.2) is 0 Å². The van der Waals surface area contributed by atoms with Crippen LogP contribution in [0, 0.1) is 5.92 Å². The number of amides is 1. The molecule has 0 bridgehead atoms. The van der Waals surface area contributed by atoms with Gasteiger partial charge >= 0.3 is 0 Å². The number of hydrogen-bond donors (Lipinski definition) is 2. The van der Waals surface area contributed by atoms with E-state index >= 15 is 0 Å². The van der Waals surface area contributed by atoms with E-state index in [0.29, 0.717) is 6.54 Å². The van der Waals surface area contributed by atoms with Crippen molar-refractivity contribution in [3.8, 4) is 0 Å². The van der Waals surface area contributed by atoms with Crippen LogP contribution in [-0.2, 0) is 4.79 Å². The van der Waals surface area contributed by atoms with E-state index in [4.69, 9.17) is 0 Å². The summed E-state index contributed by atoms with van der Waals surface area (Å²) in [6.07, 6.45) is 2.71. The zero-order chi connectivity index (χ0) is 13.1. The monoisotopic (exact) mass is 331 g/mol. The minimum atomic E-state index is -0.239. The third-order valence-electron chi connectivity index (χ3n) is 3.57. The van der Waals surface area contributed by atoms with Crippen molar-refractivity contribution >= 4 is 33.2 Å². The topological polar surface area (TPSA) is 49.3 Å². The van der Waals surface area contributed by atoms with Gasteiger partial charge in [-0.15, -0.1) is 11.3 Å². The number of nitrogens with one attached hydrogen (secondary N) is 1. The molecule has 1 amide bonds. The predicted octanol–water partition coefficient (Wildman–Crippen LogP) is 2.89. The van der Waals surface area contributed by atoms with Gasteiger partial charge in [0.2, 0.25) is 5.91 Å². The van der Waals surface area contributed by atoms with Gasteiger partial charge in [-0.3, -0.25) is 4.79 Å². The van der Waals surface area contributed by atoms with E-state index in [9.17, 15) is 9.90 Å². The van der Waals surface area contributed by atoms with Crippen LogP contribution in [0.15, 0.2) is 15.9 Å². The van der Waals surface area contributed by atoms with Gasteiger partial charge in [0.1, 0.15) is 0 Å². The van der Waals surface area contributed by atoms with Crippen molar-refractivity contribution in [2.24, 2.45) is 5.92 Å². The number of carbonyl (C=O) groups is 1. The molecule has 18 heavy (non-hydrogen) atoms. The second-order valence-electron chi connectivity index (χ2n) is 4.87. The van der Waals surface area contributed by atoms with Crippen LogP contribution in [-0.4, -0.2) is 23.7 Å². The number of hydrogen-bond acceptors (Lipinski definition) is 3. The van der Waals surface area contributed by atoms with E-state index in [1.165, 1.54) is 0 Å². The molecule has 1 aliphatic rings. The highest BCUT2D eigenvalue weighted by Gasteiger charge is 2.26. The molecule has 2 N–H and O–H groups in total. The lowest BCUT2D eigenvalue weighted by Gasteiger charge is -2.17. The molecule has 3 atom stereocenters. The summed E-state index contributed by atoms with van der Waals surface area (Å²) in [4.78, 5) is 13.1. The van der Waals surface area contributed by atoms with E-state index in [2.05, 4.69) is 21.2 Å². The molecule has 2 rings (SSSR count). The van der Waals surface area contributed by atoms with Crippen LogP contribution in [0.3, 0.4) is 0 Å². The summed E-state index contributed by atoms with van der Waals surface area (Å²) in [5.74, 6) is 0.152. The van der Waals surface area contributed by atoms with E-state index in [1.807, 2.05) is 19.1 Å². The van der Waals surface area contributed by atoms with Crippen molar-refractivity contribution in [1.29, 1.82) is 0 Å². The van der Waals surface area contributed by atoms with Gasteiger partial charge in [0, 0.05) is 17.3 Å². The number of aliphatic hydroxyl groups is 1. The third kappa shape index (κ3) is 3.33. The van der Waals surface area contributed by atoms with E-state index in [-0.39, 0.29) is 23.8 Å². The lowest BCUT2D eigenvalue weighted by atomic mass is 10.1. The van der Waals surface area contributed by atoms with Crippen LogP contribution in [0.5, 0.6) is 0 Å². The van der Waals surface area contributed by atoms with Crippen LogP contribution < -0.4 is 5.32 Å². The molecule has 0 spiro atoms. The summed E-state index contributed by atoms with van der Waals surface area (Å²) in [5, 5.41) is 12.7. The molecule has 1 fully saturated rings. The van der Waals surface area contributed by atoms with Gasteiger partial charge in [-0.2, -0.15) is 0 Å². The van der Waals surface area contributed by atoms with Gasteiger partial charge in [-0.1, -0.05) is 6.42 Å². The zero-order valence-corrected chi connectivity index (χ0v) is 12.8. The average molecular weight is 332 g/mol. The Balaban J connectivity index is 1.84. The Morgan fingerprint density at radius 2 is 2.39 bits per heavy atom. The summed E-state index contributed by atoms with van der Waals surface area (Å²) in [5.41, 5.74) is 0. The highest BCUT2D eigenvalue weighted by Crippen LogP contribution is 2.29. The zero-order valence-electron chi connectivity index (χ0n) is 10.4. The number of aliphatic hydroxyl groups excluding tert-OH is 1. The summed E-state index contributed by atoms with van der Waals surface area (Å²) in [6.45, 7) is 2.51. The van der Waals surface area contributed by atoms with Gasteiger partial charge < -0.3 is 10.4 Å². The molecular weight excluding hydrogens is 314 g/mol. The summed E-state index contributed by atoms with van der Waals surface area (Å²) in [6, 6.07) is 3.94. The summed E-state index contributed by atoms with van der Waals surface area (Å²) < 4.78 is 1.04. The highest BCUT2D eigenvalue weighted by molar-refractivity contribution is 9.11. The van der Waals surface area contributed by atoms with Crippen molar-refractivity contribution in [3.05, 3.63) is 20.8 Å². The van der Waals surface area contributed by atoms with Crippen LogP contribution in [0.1, 0.15) is 37.0 Å². The highest BCUT2D eigenvalue weighted by atomic mass is 79.9. The Hall–Kier alpha value is -0.390. The molecule has 5 heteroatoms. The molecule has 0 aliphatic heterocycles. The van der Waals surface area contributed by atoms with Crippen LogP contribution in [0.4, 0.5) is 0 Å². The molecule has 0 aromatic carbocycles. The van der Waals surface area contributed by atoms with Crippen molar-refractivity contribution in [1.82, 2.24) is 5.32 Å². The maximum Gasteiger partial charge on any atom is 0.228 e. The van der Waals surface area contributed by atoms with Crippen molar-refractivity contribution in [2.45, 2.75) is 38.2 Å². The lowest BCUT2D eigenvalue weighted by molar-refractivity contribution is -0.122. The van der Waals surface area contributed by atoms with E-state index in [1.54, 1.807) is 11.3 Å². The second-order valence-corrected chi connectivity index (χ2v) is 7.36. The maximum atomic E-state index is 12.0. The molecule has 0 radical (unpaired) electrons. The fraction of sp³-hybridized carbons (Fsp3) is 0.615. The quantitative estimate of drug-likeness (QED) is 0.891. The lowest BCUT2D eigenvalue weighted by Crippen LogP contribution is -2.34. The fourth-order valence-corrected chi connectivity index (χ4v) is 3.80. The minimum Gasteiger partial charge on any atom is -0.393 e. The molecule has 1 aromatic heterocycles. The molecule has 0 saturated heterocycles. The average Bonchev–Trinajstić information content (AvgIpc) is 2.94. The first-order valence-electron chi connectivity index (χ1n) is 6.29. The Kier molecular flexibility index (Phi) is 4.81. The SMILES string of the molecule is CC(C(=O)NCC1CCCC1O)c1ccc(Br)s1. The largest absolute Gasteiger partial charge is 0.393 e. The molecule has 3 nitrogen and oxygen atoms in total. The standard InChI is InChI=1S/C13H18BrNO2S/c1-8(11-5-6-12(14)18-11)13(17)15-7-9-3-2-4-10(9)16/h5-6,8-10,16H,2-4,7H2,1H3,(H,15,17). The molecule has 1 saturated carbocycles. The van der Waals surface area contributed by atoms with E-state index in [0.717, 1.165) is 27.9 Å². The molecule has 1 aliphatic carbocycles. The Morgan fingerprint density at radius 1 is 1.61 bits per heavy atom. The van der Waals surface area contributed by atoms with Crippen LogP contribution >= 0.6 is 27.3 Å².